The fourth-order valence-electron chi connectivity index (χ4n) is 3.45. The molecular formula is C19H19N7O. The topological polar surface area (TPSA) is 82.5 Å². The second-order valence-corrected chi connectivity index (χ2v) is 6.50. The molecule has 3 aromatic rings. The van der Waals surface area contributed by atoms with Crippen molar-refractivity contribution >= 4 is 17.1 Å². The summed E-state index contributed by atoms with van der Waals surface area (Å²) in [6.07, 6.45) is 8.60. The lowest BCUT2D eigenvalue weighted by Crippen LogP contribution is -2.48. The third-order valence-corrected chi connectivity index (χ3v) is 4.86. The summed E-state index contributed by atoms with van der Waals surface area (Å²) in [7, 11) is 1.88. The number of aromatic nitrogens is 4. The van der Waals surface area contributed by atoms with Crippen LogP contribution in [0.2, 0.25) is 0 Å². The van der Waals surface area contributed by atoms with E-state index in [2.05, 4.69) is 33.8 Å². The van der Waals surface area contributed by atoms with Gasteiger partial charge in [0.15, 0.2) is 0 Å². The van der Waals surface area contributed by atoms with Gasteiger partial charge >= 0.3 is 0 Å². The van der Waals surface area contributed by atoms with E-state index in [1.165, 1.54) is 6.08 Å². The number of fused-ring (bicyclic) bond motifs is 1. The number of nitrogens with zero attached hydrogens (tertiary/aromatic N) is 7. The molecule has 27 heavy (non-hydrogen) atoms. The van der Waals surface area contributed by atoms with Crippen LogP contribution >= 0.6 is 0 Å². The number of pyridine rings is 1. The van der Waals surface area contributed by atoms with E-state index >= 15 is 0 Å². The number of amides is 1. The number of aryl methyl sites for hydroxylation is 1. The highest BCUT2D eigenvalue weighted by Crippen LogP contribution is 2.31. The number of carbonyl (C=O) groups excluding carboxylic acids is 1. The van der Waals surface area contributed by atoms with Crippen molar-refractivity contribution < 1.29 is 4.79 Å². The van der Waals surface area contributed by atoms with E-state index in [-0.39, 0.29) is 5.91 Å². The van der Waals surface area contributed by atoms with Crippen molar-refractivity contribution in [3.05, 3.63) is 49.1 Å². The molecule has 0 saturated carbocycles. The molecule has 0 spiro atoms. The summed E-state index contributed by atoms with van der Waals surface area (Å²) in [5.74, 6) is -0.0500. The largest absolute Gasteiger partial charge is 0.366 e. The fourth-order valence-corrected chi connectivity index (χ4v) is 3.45. The van der Waals surface area contributed by atoms with Crippen LogP contribution in [0.15, 0.2) is 43.5 Å². The lowest BCUT2D eigenvalue weighted by molar-refractivity contribution is -0.126. The third kappa shape index (κ3) is 2.93. The minimum Gasteiger partial charge on any atom is -0.366 e. The number of hydrogen-bond donors (Lipinski definition) is 0. The molecule has 4 rings (SSSR count). The van der Waals surface area contributed by atoms with Gasteiger partial charge in [-0.25, -0.2) is 4.52 Å². The molecule has 1 aliphatic rings. The minimum absolute atomic E-state index is 0.0500. The normalized spacial score (nSPS) is 14.4. The molecule has 136 valence electrons. The van der Waals surface area contributed by atoms with Crippen molar-refractivity contribution in [1.82, 2.24) is 24.3 Å². The second kappa shape index (κ2) is 6.61. The number of piperazine rings is 1. The van der Waals surface area contributed by atoms with Crippen LogP contribution in [0.5, 0.6) is 0 Å². The standard InChI is InChI=1S/C19H19N7O/c1-3-18(27)25-6-4-24(5-7-25)17-8-14(16-11-21-23(2)12-16)13-26-19(17)15(9-20)10-22-26/h3,8,10-13H,1,4-7H2,2H3. The van der Waals surface area contributed by atoms with Crippen LogP contribution in [0.4, 0.5) is 5.69 Å². The average Bonchev–Trinajstić information content (AvgIpc) is 3.32. The molecular weight excluding hydrogens is 342 g/mol. The number of anilines is 1. The summed E-state index contributed by atoms with van der Waals surface area (Å²) < 4.78 is 3.50. The van der Waals surface area contributed by atoms with Crippen molar-refractivity contribution in [3.63, 3.8) is 0 Å². The van der Waals surface area contributed by atoms with Crippen molar-refractivity contribution in [3.8, 4) is 17.2 Å². The highest BCUT2D eigenvalue weighted by molar-refractivity contribution is 5.87. The Kier molecular flexibility index (Phi) is 4.12. The SMILES string of the molecule is C=CC(=O)N1CCN(c2cc(-c3cnn(C)c3)cn3ncc(C#N)c23)CC1. The van der Waals surface area contributed by atoms with Crippen molar-refractivity contribution in [2.75, 3.05) is 31.1 Å². The predicted molar refractivity (Wildman–Crippen MR) is 101 cm³/mol. The van der Waals surface area contributed by atoms with Crippen LogP contribution in [0.3, 0.4) is 0 Å². The Balaban J connectivity index is 1.76. The van der Waals surface area contributed by atoms with Crippen LogP contribution in [-0.2, 0) is 11.8 Å². The van der Waals surface area contributed by atoms with Crippen LogP contribution in [0.1, 0.15) is 5.56 Å². The monoisotopic (exact) mass is 361 g/mol. The molecule has 0 aliphatic carbocycles. The van der Waals surface area contributed by atoms with Crippen molar-refractivity contribution in [2.24, 2.45) is 7.05 Å². The number of hydrogen-bond acceptors (Lipinski definition) is 5. The first-order valence-corrected chi connectivity index (χ1v) is 8.67. The van der Waals surface area contributed by atoms with Crippen molar-refractivity contribution in [2.45, 2.75) is 0 Å². The Bertz CT molecular complexity index is 1060. The summed E-state index contributed by atoms with van der Waals surface area (Å²) in [5.41, 5.74) is 4.22. The first-order valence-electron chi connectivity index (χ1n) is 8.67. The first kappa shape index (κ1) is 16.8. The highest BCUT2D eigenvalue weighted by atomic mass is 16.2. The van der Waals surface area contributed by atoms with Gasteiger partial charge in [-0.3, -0.25) is 9.48 Å². The Morgan fingerprint density at radius 2 is 1.96 bits per heavy atom. The number of rotatable bonds is 3. The summed E-state index contributed by atoms with van der Waals surface area (Å²) in [5, 5.41) is 18.1. The maximum Gasteiger partial charge on any atom is 0.246 e. The summed E-state index contributed by atoms with van der Waals surface area (Å²) in [6.45, 7) is 6.15. The molecule has 0 N–H and O–H groups in total. The molecule has 4 heterocycles. The average molecular weight is 361 g/mol. The Morgan fingerprint density at radius 1 is 1.19 bits per heavy atom. The van der Waals surface area contributed by atoms with Crippen LogP contribution < -0.4 is 4.90 Å². The molecule has 1 saturated heterocycles. The van der Waals surface area contributed by atoms with Crippen molar-refractivity contribution in [1.29, 1.82) is 5.26 Å². The van der Waals surface area contributed by atoms with E-state index in [4.69, 9.17) is 0 Å². The van der Waals surface area contributed by atoms with Crippen LogP contribution in [-0.4, -0.2) is 56.4 Å². The number of nitriles is 1. The Hall–Kier alpha value is -3.60. The predicted octanol–water partition coefficient (Wildman–Crippen LogP) is 1.44. The Morgan fingerprint density at radius 3 is 2.59 bits per heavy atom. The van der Waals surface area contributed by atoms with Gasteiger partial charge in [-0.1, -0.05) is 6.58 Å². The van der Waals surface area contributed by atoms with E-state index in [0.717, 1.165) is 22.3 Å². The zero-order chi connectivity index (χ0) is 19.0. The van der Waals surface area contributed by atoms with Crippen LogP contribution in [0, 0.1) is 11.3 Å². The molecule has 0 unspecified atom stereocenters. The molecule has 0 atom stereocenters. The van der Waals surface area contributed by atoms with Gasteiger partial charge in [-0.05, 0) is 12.1 Å². The van der Waals surface area contributed by atoms with Gasteiger partial charge in [0.1, 0.15) is 11.6 Å². The van der Waals surface area contributed by atoms with E-state index in [0.29, 0.717) is 31.7 Å². The third-order valence-electron chi connectivity index (χ3n) is 4.86. The molecule has 0 aromatic carbocycles. The lowest BCUT2D eigenvalue weighted by atomic mass is 10.1. The van der Waals surface area contributed by atoms with Gasteiger partial charge in [0.2, 0.25) is 5.91 Å². The van der Waals surface area contributed by atoms with E-state index < -0.39 is 0 Å². The maximum absolute atomic E-state index is 11.8. The Labute approximate surface area is 156 Å². The first-order chi connectivity index (χ1) is 13.1. The molecule has 0 radical (unpaired) electrons. The number of carbonyl (C=O) groups is 1. The highest BCUT2D eigenvalue weighted by Gasteiger charge is 2.23. The minimum atomic E-state index is -0.0500. The fraction of sp³-hybridized carbons (Fsp3) is 0.263. The zero-order valence-corrected chi connectivity index (χ0v) is 15.0. The summed E-state index contributed by atoms with van der Waals surface area (Å²) in [6, 6.07) is 4.29. The van der Waals surface area contributed by atoms with Gasteiger partial charge < -0.3 is 9.80 Å². The van der Waals surface area contributed by atoms with Gasteiger partial charge in [0, 0.05) is 56.7 Å². The van der Waals surface area contributed by atoms with E-state index in [9.17, 15) is 10.1 Å². The van der Waals surface area contributed by atoms with Crippen LogP contribution in [0.25, 0.3) is 16.6 Å². The molecule has 0 bridgehead atoms. The zero-order valence-electron chi connectivity index (χ0n) is 15.0. The van der Waals surface area contributed by atoms with E-state index in [1.54, 1.807) is 26.5 Å². The molecule has 1 fully saturated rings. The van der Waals surface area contributed by atoms with Gasteiger partial charge in [-0.2, -0.15) is 15.5 Å². The van der Waals surface area contributed by atoms with E-state index in [1.807, 2.05) is 19.4 Å². The maximum atomic E-state index is 11.8. The molecule has 8 heteroatoms. The summed E-state index contributed by atoms with van der Waals surface area (Å²) >= 11 is 0. The molecule has 8 nitrogen and oxygen atoms in total. The van der Waals surface area contributed by atoms with Gasteiger partial charge in [0.05, 0.1) is 23.6 Å². The summed E-state index contributed by atoms with van der Waals surface area (Å²) in [4.78, 5) is 15.8. The van der Waals surface area contributed by atoms with Gasteiger partial charge in [0.25, 0.3) is 0 Å². The lowest BCUT2D eigenvalue weighted by Gasteiger charge is -2.36. The second-order valence-electron chi connectivity index (χ2n) is 6.50. The molecule has 1 aliphatic heterocycles. The quantitative estimate of drug-likeness (QED) is 0.659. The smallest absolute Gasteiger partial charge is 0.246 e. The van der Waals surface area contributed by atoms with Gasteiger partial charge in [-0.15, -0.1) is 0 Å². The molecule has 1 amide bonds. The molecule has 3 aromatic heterocycles.